The van der Waals surface area contributed by atoms with Gasteiger partial charge in [0.05, 0.1) is 5.92 Å². The van der Waals surface area contributed by atoms with Crippen molar-refractivity contribution in [2.75, 3.05) is 13.2 Å². The number of nitrogens with zero attached hydrogens (tertiary/aromatic N) is 1. The van der Waals surface area contributed by atoms with Crippen molar-refractivity contribution in [1.82, 2.24) is 5.32 Å². The van der Waals surface area contributed by atoms with Crippen molar-refractivity contribution in [3.8, 4) is 0 Å². The summed E-state index contributed by atoms with van der Waals surface area (Å²) < 4.78 is 0. The molecule has 1 heterocycles. The van der Waals surface area contributed by atoms with Crippen LogP contribution in [0.25, 0.3) is 0 Å². The molecular weight excluding hydrogens is 364 g/mol. The molecule has 0 spiro atoms. The number of nitrogens with one attached hydrogen (secondary N) is 1. The van der Waals surface area contributed by atoms with Crippen molar-refractivity contribution < 1.29 is 14.7 Å². The van der Waals surface area contributed by atoms with Crippen molar-refractivity contribution in [3.05, 3.63) is 71.3 Å². The molecule has 6 heteroatoms. The fraction of sp³-hybridized carbons (Fsp3) is 0.333. The number of aliphatic carboxylic acids is 1. The lowest BCUT2D eigenvalue weighted by atomic mass is 9.95. The van der Waals surface area contributed by atoms with Crippen LogP contribution in [-0.4, -0.2) is 36.0 Å². The molecule has 144 valence electrons. The Labute approximate surface area is 165 Å². The Hall–Kier alpha value is -2.37. The van der Waals surface area contributed by atoms with Crippen LogP contribution < -0.4 is 5.32 Å². The average molecular weight is 389 g/mol. The van der Waals surface area contributed by atoms with E-state index in [0.717, 1.165) is 28.8 Å². The molecule has 2 aromatic rings. The van der Waals surface area contributed by atoms with Crippen LogP contribution in [0.2, 0.25) is 0 Å². The Morgan fingerprint density at radius 3 is 2.48 bits per heavy atom. The molecule has 0 amide bonds. The van der Waals surface area contributed by atoms with E-state index in [4.69, 9.17) is 9.94 Å². The predicted molar refractivity (Wildman–Crippen MR) is 109 cm³/mol. The lowest BCUT2D eigenvalue weighted by Gasteiger charge is -2.26. The molecule has 27 heavy (non-hydrogen) atoms. The van der Waals surface area contributed by atoms with E-state index in [9.17, 15) is 4.79 Å². The minimum atomic E-state index is -0.735. The van der Waals surface area contributed by atoms with E-state index in [2.05, 4.69) is 23.5 Å². The molecular formula is C21H25ClN2O3. The van der Waals surface area contributed by atoms with Crippen LogP contribution in [0.4, 0.5) is 0 Å². The summed E-state index contributed by atoms with van der Waals surface area (Å²) in [7, 11) is 0. The molecule has 0 saturated carbocycles. The number of halogens is 1. The molecule has 1 saturated heterocycles. The smallest absolute Gasteiger partial charge is 0.307 e. The van der Waals surface area contributed by atoms with Gasteiger partial charge in [-0.1, -0.05) is 59.8 Å². The number of carboxylic acids is 1. The molecule has 1 fully saturated rings. The van der Waals surface area contributed by atoms with Crippen LogP contribution >= 0.6 is 12.4 Å². The highest BCUT2D eigenvalue weighted by molar-refractivity contribution is 6.13. The molecule has 5 nitrogen and oxygen atoms in total. The van der Waals surface area contributed by atoms with Gasteiger partial charge in [0.25, 0.3) is 0 Å². The molecule has 2 atom stereocenters. The van der Waals surface area contributed by atoms with Gasteiger partial charge in [0.1, 0.15) is 12.3 Å². The maximum absolute atomic E-state index is 11.0. The molecule has 2 aromatic carbocycles. The summed E-state index contributed by atoms with van der Waals surface area (Å²) in [5, 5.41) is 16.7. The second kappa shape index (κ2) is 10.1. The van der Waals surface area contributed by atoms with Gasteiger partial charge in [-0.15, -0.1) is 12.4 Å². The standard InChI is InChI=1S/C21H24N2O3.ClH/c1-15-7-5-6-10-19(15)20(16-8-3-2-4-9-16)23-26-14-18-12-11-17(13-22-18)21(24)25;/h2-10,17-18,22H,11-14H2,1H3,(H,24,25);1H/b23-20-;/t17-,18+;/m1./s1. The van der Waals surface area contributed by atoms with Crippen LogP contribution in [0.3, 0.4) is 0 Å². The first kappa shape index (κ1) is 20.9. The molecule has 1 aliphatic rings. The number of hydrogen-bond acceptors (Lipinski definition) is 4. The topological polar surface area (TPSA) is 70.9 Å². The first-order valence-electron chi connectivity index (χ1n) is 8.92. The summed E-state index contributed by atoms with van der Waals surface area (Å²) in [6, 6.07) is 18.2. The number of piperidine rings is 1. The monoisotopic (exact) mass is 388 g/mol. The Morgan fingerprint density at radius 1 is 1.15 bits per heavy atom. The van der Waals surface area contributed by atoms with Gasteiger partial charge in [0, 0.05) is 23.7 Å². The summed E-state index contributed by atoms with van der Waals surface area (Å²) in [5.41, 5.74) is 3.99. The van der Waals surface area contributed by atoms with Gasteiger partial charge >= 0.3 is 5.97 Å². The van der Waals surface area contributed by atoms with Crippen molar-refractivity contribution in [2.24, 2.45) is 11.1 Å². The zero-order valence-corrected chi connectivity index (χ0v) is 16.1. The van der Waals surface area contributed by atoms with Crippen LogP contribution in [0.15, 0.2) is 59.8 Å². The summed E-state index contributed by atoms with van der Waals surface area (Å²) in [6.45, 7) is 2.97. The number of carboxylic acid groups (broad SMARTS) is 1. The maximum atomic E-state index is 11.0. The highest BCUT2D eigenvalue weighted by Crippen LogP contribution is 2.17. The molecule has 3 rings (SSSR count). The Balaban J connectivity index is 0.00000261. The number of aryl methyl sites for hydroxylation is 1. The molecule has 1 aliphatic heterocycles. The van der Waals surface area contributed by atoms with Crippen molar-refractivity contribution >= 4 is 24.1 Å². The van der Waals surface area contributed by atoms with E-state index in [1.807, 2.05) is 48.5 Å². The van der Waals surface area contributed by atoms with Gasteiger partial charge in [-0.2, -0.15) is 0 Å². The first-order valence-corrected chi connectivity index (χ1v) is 8.92. The average Bonchev–Trinajstić information content (AvgIpc) is 2.67. The van der Waals surface area contributed by atoms with Crippen LogP contribution in [0.5, 0.6) is 0 Å². The molecule has 0 aromatic heterocycles. The Bertz CT molecular complexity index is 772. The molecule has 0 bridgehead atoms. The number of hydrogen-bond donors (Lipinski definition) is 2. The highest BCUT2D eigenvalue weighted by atomic mass is 35.5. The molecule has 0 aliphatic carbocycles. The van der Waals surface area contributed by atoms with E-state index in [1.54, 1.807) is 0 Å². The van der Waals surface area contributed by atoms with E-state index < -0.39 is 5.97 Å². The van der Waals surface area contributed by atoms with Crippen molar-refractivity contribution in [1.29, 1.82) is 0 Å². The number of oxime groups is 1. The fourth-order valence-corrected chi connectivity index (χ4v) is 3.15. The molecule has 0 unspecified atom stereocenters. The quantitative estimate of drug-likeness (QED) is 0.585. The van der Waals surface area contributed by atoms with Gasteiger partial charge in [-0.3, -0.25) is 4.79 Å². The van der Waals surface area contributed by atoms with E-state index in [1.165, 1.54) is 0 Å². The second-order valence-corrected chi connectivity index (χ2v) is 6.63. The van der Waals surface area contributed by atoms with Crippen LogP contribution in [-0.2, 0) is 9.63 Å². The minimum absolute atomic E-state index is 0. The third-order valence-electron chi connectivity index (χ3n) is 4.74. The minimum Gasteiger partial charge on any atom is -0.481 e. The van der Waals surface area contributed by atoms with Crippen LogP contribution in [0.1, 0.15) is 29.5 Å². The Kier molecular flexibility index (Phi) is 7.82. The lowest BCUT2D eigenvalue weighted by Crippen LogP contribution is -2.43. The number of benzene rings is 2. The molecule has 0 radical (unpaired) electrons. The summed E-state index contributed by atoms with van der Waals surface area (Å²) in [6.07, 6.45) is 1.45. The predicted octanol–water partition coefficient (Wildman–Crippen LogP) is 3.64. The first-order chi connectivity index (χ1) is 12.6. The second-order valence-electron chi connectivity index (χ2n) is 6.63. The third kappa shape index (κ3) is 5.55. The van der Waals surface area contributed by atoms with Gasteiger partial charge in [-0.25, -0.2) is 0 Å². The zero-order chi connectivity index (χ0) is 18.4. The maximum Gasteiger partial charge on any atom is 0.307 e. The van der Waals surface area contributed by atoms with Gasteiger partial charge in [0.15, 0.2) is 0 Å². The normalized spacial score (nSPS) is 19.8. The summed E-state index contributed by atoms with van der Waals surface area (Å²) >= 11 is 0. The van der Waals surface area contributed by atoms with Gasteiger partial charge in [-0.05, 0) is 25.3 Å². The van der Waals surface area contributed by atoms with E-state index >= 15 is 0 Å². The summed E-state index contributed by atoms with van der Waals surface area (Å²) in [5.74, 6) is -1.04. The highest BCUT2D eigenvalue weighted by Gasteiger charge is 2.25. The SMILES string of the molecule is Cc1ccccc1/C(=N\OC[C@@H]1CC[C@@H](C(=O)O)CN1)c1ccccc1.Cl. The molecule has 2 N–H and O–H groups in total. The largest absolute Gasteiger partial charge is 0.481 e. The van der Waals surface area contributed by atoms with Crippen molar-refractivity contribution in [2.45, 2.75) is 25.8 Å². The fourth-order valence-electron chi connectivity index (χ4n) is 3.15. The van der Waals surface area contributed by atoms with Crippen molar-refractivity contribution in [3.63, 3.8) is 0 Å². The lowest BCUT2D eigenvalue weighted by molar-refractivity contribution is -0.142. The number of carbonyl (C=O) groups is 1. The number of rotatable bonds is 6. The Morgan fingerprint density at radius 2 is 1.85 bits per heavy atom. The van der Waals surface area contributed by atoms with Gasteiger partial charge in [0.2, 0.25) is 0 Å². The zero-order valence-electron chi connectivity index (χ0n) is 15.3. The van der Waals surface area contributed by atoms with Gasteiger partial charge < -0.3 is 15.3 Å². The van der Waals surface area contributed by atoms with Crippen LogP contribution in [0, 0.1) is 12.8 Å². The van der Waals surface area contributed by atoms with E-state index in [0.29, 0.717) is 19.6 Å². The summed E-state index contributed by atoms with van der Waals surface area (Å²) in [4.78, 5) is 16.7. The van der Waals surface area contributed by atoms with E-state index in [-0.39, 0.29) is 24.4 Å². The third-order valence-corrected chi connectivity index (χ3v) is 4.74.